The molecular formula is C28H28N6O. The van der Waals surface area contributed by atoms with Crippen molar-refractivity contribution in [2.24, 2.45) is 11.8 Å². The summed E-state index contributed by atoms with van der Waals surface area (Å²) >= 11 is 0. The molecule has 3 heterocycles. The second-order valence-electron chi connectivity index (χ2n) is 9.26. The van der Waals surface area contributed by atoms with Crippen molar-refractivity contribution in [1.82, 2.24) is 9.97 Å². The largest absolute Gasteiger partial charge is 0.357 e. The van der Waals surface area contributed by atoms with Crippen LogP contribution in [0.5, 0.6) is 0 Å². The number of rotatable bonds is 7. The summed E-state index contributed by atoms with van der Waals surface area (Å²) in [4.78, 5) is 23.3. The van der Waals surface area contributed by atoms with Gasteiger partial charge in [0.15, 0.2) is 6.29 Å². The van der Waals surface area contributed by atoms with Gasteiger partial charge in [0.1, 0.15) is 17.3 Å². The van der Waals surface area contributed by atoms with E-state index in [2.05, 4.69) is 21.3 Å². The molecule has 0 unspecified atom stereocenters. The molecule has 7 nitrogen and oxygen atoms in total. The van der Waals surface area contributed by atoms with Crippen LogP contribution in [0, 0.1) is 28.6 Å². The lowest BCUT2D eigenvalue weighted by Crippen LogP contribution is -2.33. The molecule has 0 amide bonds. The number of aromatic nitrogens is 2. The summed E-state index contributed by atoms with van der Waals surface area (Å²) in [7, 11) is 0. The molecule has 2 aliphatic rings. The zero-order valence-corrected chi connectivity index (χ0v) is 19.6. The maximum atomic E-state index is 11.8. The average molecular weight is 465 g/mol. The molecule has 0 spiro atoms. The van der Waals surface area contributed by atoms with E-state index in [1.807, 2.05) is 48.7 Å². The number of carbonyl (C=O) groups is 1. The van der Waals surface area contributed by atoms with Crippen LogP contribution in [0.15, 0.2) is 54.7 Å². The van der Waals surface area contributed by atoms with Crippen LogP contribution in [-0.4, -0.2) is 35.1 Å². The lowest BCUT2D eigenvalue weighted by atomic mass is 9.78. The fraction of sp³-hybridized carbons (Fsp3) is 0.321. The quantitative estimate of drug-likeness (QED) is 0.348. The molecule has 1 aliphatic carbocycles. The van der Waals surface area contributed by atoms with Crippen molar-refractivity contribution in [3.8, 4) is 17.2 Å². The molecule has 1 saturated carbocycles. The molecule has 7 heteroatoms. The summed E-state index contributed by atoms with van der Waals surface area (Å²) in [5.74, 6) is 1.73. The molecule has 35 heavy (non-hydrogen) atoms. The molecule has 2 fully saturated rings. The van der Waals surface area contributed by atoms with Gasteiger partial charge in [0.05, 0.1) is 6.07 Å². The van der Waals surface area contributed by atoms with Crippen molar-refractivity contribution in [3.05, 3.63) is 66.0 Å². The number of nitrogens with one attached hydrogen (secondary N) is 2. The Hall–Kier alpha value is -4.05. The Morgan fingerprint density at radius 1 is 1.11 bits per heavy atom. The highest BCUT2D eigenvalue weighted by Gasteiger charge is 2.28. The van der Waals surface area contributed by atoms with Crippen molar-refractivity contribution < 1.29 is 4.79 Å². The molecule has 2 N–H and O–H groups in total. The van der Waals surface area contributed by atoms with E-state index in [0.717, 1.165) is 79.7 Å². The number of hydrogen-bond donors (Lipinski definition) is 2. The number of aldehydes is 1. The fourth-order valence-corrected chi connectivity index (χ4v) is 4.75. The van der Waals surface area contributed by atoms with E-state index in [0.29, 0.717) is 17.2 Å². The minimum absolute atomic E-state index is 0.125. The van der Waals surface area contributed by atoms with Gasteiger partial charge in [0.25, 0.3) is 0 Å². The van der Waals surface area contributed by atoms with E-state index in [4.69, 9.17) is 15.7 Å². The van der Waals surface area contributed by atoms with Crippen molar-refractivity contribution in [1.29, 1.82) is 10.7 Å². The van der Waals surface area contributed by atoms with E-state index >= 15 is 0 Å². The predicted molar refractivity (Wildman–Crippen MR) is 137 cm³/mol. The molecule has 1 aromatic carbocycles. The topological polar surface area (TPSA) is 106 Å². The van der Waals surface area contributed by atoms with Crippen LogP contribution in [-0.2, 0) is 0 Å². The van der Waals surface area contributed by atoms with Gasteiger partial charge in [-0.15, -0.1) is 0 Å². The van der Waals surface area contributed by atoms with Gasteiger partial charge in [-0.3, -0.25) is 4.79 Å². The minimum Gasteiger partial charge on any atom is -0.357 e. The van der Waals surface area contributed by atoms with Crippen molar-refractivity contribution in [2.75, 3.05) is 23.3 Å². The number of anilines is 3. The number of para-hydroxylation sites is 1. The molecule has 5 rings (SSSR count). The van der Waals surface area contributed by atoms with Gasteiger partial charge in [-0.05, 0) is 61.6 Å². The standard InChI is InChI=1S/C28H28N6O/c29-16-19-11-13-34(14-12-19)25-10-9-21(17-31-25)24-15-23(18-35)33-28(32-22-7-2-1-3-8-22)26(24)27(30)20-5-4-6-20/h1-3,7-10,15,17-20,30H,4-6,11-14H2,(H,32,33). The molecule has 0 atom stereocenters. The summed E-state index contributed by atoms with van der Waals surface area (Å²) < 4.78 is 0. The molecule has 0 bridgehead atoms. The average Bonchev–Trinajstić information content (AvgIpc) is 2.88. The number of hydrogen-bond acceptors (Lipinski definition) is 7. The van der Waals surface area contributed by atoms with E-state index in [-0.39, 0.29) is 11.8 Å². The summed E-state index contributed by atoms with van der Waals surface area (Å²) in [6.45, 7) is 1.63. The molecule has 3 aromatic rings. The highest BCUT2D eigenvalue weighted by molar-refractivity contribution is 6.10. The summed E-state index contributed by atoms with van der Waals surface area (Å²) in [5, 5.41) is 21.5. The molecule has 1 saturated heterocycles. The highest BCUT2D eigenvalue weighted by atomic mass is 16.1. The van der Waals surface area contributed by atoms with Crippen LogP contribution in [0.25, 0.3) is 11.1 Å². The number of carbonyl (C=O) groups excluding carboxylic acids is 1. The van der Waals surface area contributed by atoms with Gasteiger partial charge in [-0.2, -0.15) is 5.26 Å². The predicted octanol–water partition coefficient (Wildman–Crippen LogP) is 5.61. The lowest BCUT2D eigenvalue weighted by molar-refractivity contribution is 0.111. The summed E-state index contributed by atoms with van der Waals surface area (Å²) in [5.41, 5.74) is 4.09. The maximum Gasteiger partial charge on any atom is 0.168 e. The summed E-state index contributed by atoms with van der Waals surface area (Å²) in [6, 6.07) is 17.8. The van der Waals surface area contributed by atoms with Gasteiger partial charge in [-0.1, -0.05) is 24.6 Å². The minimum atomic E-state index is 0.125. The number of nitrogens with zero attached hydrogens (tertiary/aromatic N) is 4. The first-order valence-electron chi connectivity index (χ1n) is 12.2. The first kappa shape index (κ1) is 22.7. The Balaban J connectivity index is 1.53. The van der Waals surface area contributed by atoms with Crippen LogP contribution in [0.2, 0.25) is 0 Å². The third kappa shape index (κ3) is 4.78. The Labute approximate surface area is 205 Å². The molecule has 176 valence electrons. The number of pyridine rings is 2. The van der Waals surface area contributed by atoms with Crippen LogP contribution >= 0.6 is 0 Å². The Kier molecular flexibility index (Phi) is 6.53. The van der Waals surface area contributed by atoms with Crippen LogP contribution in [0.3, 0.4) is 0 Å². The first-order valence-corrected chi connectivity index (χ1v) is 12.2. The Morgan fingerprint density at radius 3 is 2.49 bits per heavy atom. The SMILES string of the molecule is N#CC1CCN(c2ccc(-c3cc(C=O)nc(Nc4ccccc4)c3C(=N)C3CCC3)cn2)CC1. The van der Waals surface area contributed by atoms with E-state index in [9.17, 15) is 4.79 Å². The monoisotopic (exact) mass is 464 g/mol. The normalized spacial score (nSPS) is 16.3. The molecular weight excluding hydrogens is 436 g/mol. The van der Waals surface area contributed by atoms with Gasteiger partial charge < -0.3 is 15.6 Å². The zero-order chi connectivity index (χ0) is 24.2. The lowest BCUT2D eigenvalue weighted by Gasteiger charge is -2.30. The second kappa shape index (κ2) is 10.1. The van der Waals surface area contributed by atoms with Crippen molar-refractivity contribution >= 4 is 29.3 Å². The molecule has 0 radical (unpaired) electrons. The molecule has 2 aromatic heterocycles. The third-order valence-corrected chi connectivity index (χ3v) is 7.04. The van der Waals surface area contributed by atoms with Crippen LogP contribution in [0.1, 0.15) is 48.2 Å². The number of piperidine rings is 1. The van der Waals surface area contributed by atoms with Gasteiger partial charge >= 0.3 is 0 Å². The van der Waals surface area contributed by atoms with Crippen LogP contribution < -0.4 is 10.2 Å². The smallest absolute Gasteiger partial charge is 0.168 e. The van der Waals surface area contributed by atoms with Crippen molar-refractivity contribution in [2.45, 2.75) is 32.1 Å². The van der Waals surface area contributed by atoms with Gasteiger partial charge in [0, 0.05) is 53.6 Å². The second-order valence-corrected chi connectivity index (χ2v) is 9.26. The van der Waals surface area contributed by atoms with Gasteiger partial charge in [-0.25, -0.2) is 9.97 Å². The zero-order valence-electron chi connectivity index (χ0n) is 19.6. The number of nitriles is 1. The maximum absolute atomic E-state index is 11.8. The fourth-order valence-electron chi connectivity index (χ4n) is 4.75. The Bertz CT molecular complexity index is 1250. The van der Waals surface area contributed by atoms with E-state index in [1.165, 1.54) is 0 Å². The van der Waals surface area contributed by atoms with E-state index in [1.54, 1.807) is 6.07 Å². The highest BCUT2D eigenvalue weighted by Crippen LogP contribution is 2.37. The summed E-state index contributed by atoms with van der Waals surface area (Å²) in [6.07, 6.45) is 7.39. The third-order valence-electron chi connectivity index (χ3n) is 7.04. The van der Waals surface area contributed by atoms with Crippen LogP contribution in [0.4, 0.5) is 17.3 Å². The molecule has 1 aliphatic heterocycles. The number of benzene rings is 1. The van der Waals surface area contributed by atoms with E-state index < -0.39 is 0 Å². The van der Waals surface area contributed by atoms with Crippen molar-refractivity contribution in [3.63, 3.8) is 0 Å². The Morgan fingerprint density at radius 2 is 1.89 bits per heavy atom. The first-order chi connectivity index (χ1) is 17.2. The van der Waals surface area contributed by atoms with Gasteiger partial charge in [0.2, 0.25) is 0 Å².